The molecule has 0 fully saturated rings. The van der Waals surface area contributed by atoms with E-state index in [1.807, 2.05) is 31.2 Å². The van der Waals surface area contributed by atoms with E-state index in [1.165, 1.54) is 0 Å². The molecule has 1 unspecified atom stereocenters. The Balaban J connectivity index is 3.00. The fourth-order valence-corrected chi connectivity index (χ4v) is 1.28. The highest BCUT2D eigenvalue weighted by Gasteiger charge is 2.15. The van der Waals surface area contributed by atoms with Crippen LogP contribution in [0.15, 0.2) is 24.3 Å². The van der Waals surface area contributed by atoms with Crippen LogP contribution in [0.2, 0.25) is 0 Å². The number of amides is 1. The Morgan fingerprint density at radius 1 is 1.50 bits per heavy atom. The van der Waals surface area contributed by atoms with Gasteiger partial charge in [0.15, 0.2) is 0 Å². The summed E-state index contributed by atoms with van der Waals surface area (Å²) in [5, 5.41) is 0. The molecule has 0 bridgehead atoms. The van der Waals surface area contributed by atoms with Crippen LogP contribution in [-0.2, 0) is 4.79 Å². The van der Waals surface area contributed by atoms with E-state index < -0.39 is 0 Å². The summed E-state index contributed by atoms with van der Waals surface area (Å²) >= 11 is 0. The number of hydrogen-bond donors (Lipinski definition) is 1. The van der Waals surface area contributed by atoms with Crippen LogP contribution in [0.5, 0.6) is 5.75 Å². The van der Waals surface area contributed by atoms with E-state index in [1.54, 1.807) is 6.92 Å². The number of carbonyl (C=O) groups excluding carboxylic acids is 1. The van der Waals surface area contributed by atoms with Crippen molar-refractivity contribution >= 4 is 5.91 Å². The van der Waals surface area contributed by atoms with Gasteiger partial charge in [0, 0.05) is 5.56 Å². The van der Waals surface area contributed by atoms with Crippen molar-refractivity contribution in [2.75, 3.05) is 6.61 Å². The highest BCUT2D eigenvalue weighted by Crippen LogP contribution is 2.25. The van der Waals surface area contributed by atoms with E-state index in [4.69, 9.17) is 10.5 Å². The van der Waals surface area contributed by atoms with E-state index in [9.17, 15) is 4.79 Å². The van der Waals surface area contributed by atoms with Gasteiger partial charge in [0.1, 0.15) is 5.75 Å². The number of carbonyl (C=O) groups is 1. The monoisotopic (exact) mass is 193 g/mol. The molecule has 0 aliphatic heterocycles. The van der Waals surface area contributed by atoms with Gasteiger partial charge in [-0.25, -0.2) is 0 Å². The number of benzene rings is 1. The van der Waals surface area contributed by atoms with Crippen LogP contribution in [0, 0.1) is 0 Å². The van der Waals surface area contributed by atoms with Crippen LogP contribution >= 0.6 is 0 Å². The first-order valence-electron chi connectivity index (χ1n) is 4.67. The van der Waals surface area contributed by atoms with E-state index in [2.05, 4.69) is 0 Å². The van der Waals surface area contributed by atoms with Crippen molar-refractivity contribution in [2.45, 2.75) is 19.8 Å². The van der Waals surface area contributed by atoms with Crippen molar-refractivity contribution in [3.63, 3.8) is 0 Å². The zero-order chi connectivity index (χ0) is 10.6. The van der Waals surface area contributed by atoms with Gasteiger partial charge >= 0.3 is 0 Å². The smallest absolute Gasteiger partial charge is 0.224 e. The average molecular weight is 193 g/mol. The SMILES string of the molecule is CCOc1ccccc1C(C)C(N)=O. The number of rotatable bonds is 4. The standard InChI is InChI=1S/C11H15NO2/c1-3-14-10-7-5-4-6-9(10)8(2)11(12)13/h4-8H,3H2,1-2H3,(H2,12,13). The van der Waals surface area contributed by atoms with Gasteiger partial charge < -0.3 is 10.5 Å². The van der Waals surface area contributed by atoms with E-state index in [0.717, 1.165) is 11.3 Å². The lowest BCUT2D eigenvalue weighted by molar-refractivity contribution is -0.119. The van der Waals surface area contributed by atoms with Crippen LogP contribution in [0.4, 0.5) is 0 Å². The molecule has 1 amide bonds. The number of ether oxygens (including phenoxy) is 1. The van der Waals surface area contributed by atoms with Crippen molar-refractivity contribution < 1.29 is 9.53 Å². The van der Waals surface area contributed by atoms with Crippen molar-refractivity contribution in [2.24, 2.45) is 5.73 Å². The maximum atomic E-state index is 11.0. The molecule has 14 heavy (non-hydrogen) atoms. The third-order valence-electron chi connectivity index (χ3n) is 2.11. The second-order valence-electron chi connectivity index (χ2n) is 3.09. The molecule has 0 saturated carbocycles. The summed E-state index contributed by atoms with van der Waals surface area (Å²) in [4.78, 5) is 11.0. The van der Waals surface area contributed by atoms with Crippen LogP contribution in [0.3, 0.4) is 0 Å². The molecule has 0 aromatic heterocycles. The summed E-state index contributed by atoms with van der Waals surface area (Å²) in [5.41, 5.74) is 6.09. The number of primary amides is 1. The summed E-state index contributed by atoms with van der Waals surface area (Å²) < 4.78 is 5.40. The zero-order valence-electron chi connectivity index (χ0n) is 8.49. The first-order chi connectivity index (χ1) is 6.66. The molecule has 0 spiro atoms. The van der Waals surface area contributed by atoms with Crippen molar-refractivity contribution in [3.05, 3.63) is 29.8 Å². The Morgan fingerprint density at radius 2 is 2.14 bits per heavy atom. The average Bonchev–Trinajstić information content (AvgIpc) is 2.18. The Hall–Kier alpha value is -1.51. The molecule has 3 heteroatoms. The molecule has 2 N–H and O–H groups in total. The van der Waals surface area contributed by atoms with E-state index in [-0.39, 0.29) is 11.8 Å². The maximum absolute atomic E-state index is 11.0. The fourth-order valence-electron chi connectivity index (χ4n) is 1.28. The fraction of sp³-hybridized carbons (Fsp3) is 0.364. The zero-order valence-corrected chi connectivity index (χ0v) is 8.49. The molecule has 1 rings (SSSR count). The van der Waals surface area contributed by atoms with Gasteiger partial charge in [0.25, 0.3) is 0 Å². The molecule has 1 aromatic rings. The molecule has 0 heterocycles. The molecule has 0 radical (unpaired) electrons. The quantitative estimate of drug-likeness (QED) is 0.790. The summed E-state index contributed by atoms with van der Waals surface area (Å²) in [5.74, 6) is 0.0937. The third-order valence-corrected chi connectivity index (χ3v) is 2.11. The minimum Gasteiger partial charge on any atom is -0.494 e. The lowest BCUT2D eigenvalue weighted by Gasteiger charge is -2.13. The molecule has 0 aliphatic carbocycles. The van der Waals surface area contributed by atoms with Gasteiger partial charge in [-0.15, -0.1) is 0 Å². The van der Waals surface area contributed by atoms with Gasteiger partial charge in [0.2, 0.25) is 5.91 Å². The highest BCUT2D eigenvalue weighted by molar-refractivity contribution is 5.82. The Bertz CT molecular complexity index is 323. The predicted molar refractivity (Wildman–Crippen MR) is 55.2 cm³/mol. The van der Waals surface area contributed by atoms with Gasteiger partial charge in [-0.2, -0.15) is 0 Å². The molecule has 3 nitrogen and oxygen atoms in total. The largest absolute Gasteiger partial charge is 0.494 e. The lowest BCUT2D eigenvalue weighted by atomic mass is 10.00. The Morgan fingerprint density at radius 3 is 2.71 bits per heavy atom. The Kier molecular flexibility index (Phi) is 3.51. The molecule has 1 atom stereocenters. The normalized spacial score (nSPS) is 12.1. The van der Waals surface area contributed by atoms with Crippen molar-refractivity contribution in [1.29, 1.82) is 0 Å². The summed E-state index contributed by atoms with van der Waals surface area (Å²) in [6.07, 6.45) is 0. The number of hydrogen-bond acceptors (Lipinski definition) is 2. The maximum Gasteiger partial charge on any atom is 0.224 e. The lowest BCUT2D eigenvalue weighted by Crippen LogP contribution is -2.19. The molecular weight excluding hydrogens is 178 g/mol. The Labute approximate surface area is 83.9 Å². The van der Waals surface area contributed by atoms with Crippen molar-refractivity contribution in [3.8, 4) is 5.75 Å². The summed E-state index contributed by atoms with van der Waals surface area (Å²) in [7, 11) is 0. The van der Waals surface area contributed by atoms with Gasteiger partial charge in [0.05, 0.1) is 12.5 Å². The van der Waals surface area contributed by atoms with E-state index >= 15 is 0 Å². The topological polar surface area (TPSA) is 52.3 Å². The van der Waals surface area contributed by atoms with Gasteiger partial charge in [-0.05, 0) is 19.9 Å². The molecule has 0 aliphatic rings. The molecule has 76 valence electrons. The van der Waals surface area contributed by atoms with Crippen molar-refractivity contribution in [1.82, 2.24) is 0 Å². The van der Waals surface area contributed by atoms with Crippen LogP contribution < -0.4 is 10.5 Å². The van der Waals surface area contributed by atoms with E-state index in [0.29, 0.717) is 6.61 Å². The van der Waals surface area contributed by atoms with Crippen LogP contribution in [0.1, 0.15) is 25.3 Å². The number of nitrogens with two attached hydrogens (primary N) is 1. The second kappa shape index (κ2) is 4.65. The highest BCUT2D eigenvalue weighted by atomic mass is 16.5. The number of para-hydroxylation sites is 1. The minimum atomic E-state index is -0.336. The van der Waals surface area contributed by atoms with Gasteiger partial charge in [-0.1, -0.05) is 18.2 Å². The molecular formula is C11H15NO2. The minimum absolute atomic E-state index is 0.308. The predicted octanol–water partition coefficient (Wildman–Crippen LogP) is 1.67. The first kappa shape index (κ1) is 10.6. The second-order valence-corrected chi connectivity index (χ2v) is 3.09. The molecule has 1 aromatic carbocycles. The third kappa shape index (κ3) is 2.25. The van der Waals surface area contributed by atoms with Gasteiger partial charge in [-0.3, -0.25) is 4.79 Å². The summed E-state index contributed by atoms with van der Waals surface area (Å²) in [6, 6.07) is 7.46. The molecule has 0 saturated heterocycles. The summed E-state index contributed by atoms with van der Waals surface area (Å²) in [6.45, 7) is 4.27. The van der Waals surface area contributed by atoms with Crippen LogP contribution in [0.25, 0.3) is 0 Å². The first-order valence-corrected chi connectivity index (χ1v) is 4.67. The van der Waals surface area contributed by atoms with Crippen LogP contribution in [-0.4, -0.2) is 12.5 Å².